The number of hydrogen-bond donors (Lipinski definition) is 1. The minimum Gasteiger partial charge on any atom is -0.495 e. The van der Waals surface area contributed by atoms with Crippen molar-refractivity contribution in [3.8, 4) is 5.75 Å². The summed E-state index contributed by atoms with van der Waals surface area (Å²) in [5.74, 6) is -3.01. The molecule has 0 radical (unpaired) electrons. The second-order valence-corrected chi connectivity index (χ2v) is 6.67. The first-order valence-electron chi connectivity index (χ1n) is 8.21. The number of methoxy groups -OCH3 is 1. The van der Waals surface area contributed by atoms with Crippen LogP contribution in [0.1, 0.15) is 12.0 Å². The van der Waals surface area contributed by atoms with Gasteiger partial charge in [0.05, 0.1) is 18.7 Å². The van der Waals surface area contributed by atoms with E-state index in [1.54, 1.807) is 19.1 Å². The first-order valence-corrected chi connectivity index (χ1v) is 8.59. The number of aryl methyl sites for hydroxylation is 1. The van der Waals surface area contributed by atoms with Crippen LogP contribution in [0.3, 0.4) is 0 Å². The van der Waals surface area contributed by atoms with E-state index in [1.165, 1.54) is 18.1 Å². The van der Waals surface area contributed by atoms with E-state index >= 15 is 0 Å². The maximum atomic E-state index is 13.7. The van der Waals surface area contributed by atoms with Crippen LogP contribution in [0.2, 0.25) is 5.02 Å². The van der Waals surface area contributed by atoms with Crippen LogP contribution in [0.5, 0.6) is 5.75 Å². The van der Waals surface area contributed by atoms with Gasteiger partial charge < -0.3 is 15.0 Å². The van der Waals surface area contributed by atoms with Gasteiger partial charge in [-0.3, -0.25) is 9.59 Å². The molecule has 142 valence electrons. The van der Waals surface area contributed by atoms with Crippen molar-refractivity contribution in [3.05, 3.63) is 52.6 Å². The molecule has 0 bridgehead atoms. The minimum atomic E-state index is -0.875. The summed E-state index contributed by atoms with van der Waals surface area (Å²) in [6.07, 6.45) is -0.0767. The van der Waals surface area contributed by atoms with E-state index in [0.29, 0.717) is 16.5 Å². The van der Waals surface area contributed by atoms with Crippen LogP contribution < -0.4 is 15.0 Å². The van der Waals surface area contributed by atoms with Crippen molar-refractivity contribution in [1.82, 2.24) is 0 Å². The molecule has 2 aromatic rings. The highest BCUT2D eigenvalue weighted by Gasteiger charge is 2.37. The Balaban J connectivity index is 1.82. The van der Waals surface area contributed by atoms with Gasteiger partial charge in [0.25, 0.3) is 0 Å². The van der Waals surface area contributed by atoms with E-state index in [9.17, 15) is 18.4 Å². The standard InChI is InChI=1S/C19H17ClF2N2O3/c1-10-6-15(16(27-2)8-12(10)20)24-9-11(7-17(24)25)19(26)23-18-13(21)4-3-5-14(18)22/h3-6,8,11H,7,9H2,1-2H3,(H,23,26). The van der Waals surface area contributed by atoms with E-state index in [4.69, 9.17) is 16.3 Å². The van der Waals surface area contributed by atoms with Crippen LogP contribution in [0.15, 0.2) is 30.3 Å². The van der Waals surface area contributed by atoms with Gasteiger partial charge in [-0.25, -0.2) is 8.78 Å². The van der Waals surface area contributed by atoms with Crippen molar-refractivity contribution >= 4 is 34.8 Å². The predicted molar refractivity (Wildman–Crippen MR) is 98.2 cm³/mol. The summed E-state index contributed by atoms with van der Waals surface area (Å²) >= 11 is 6.09. The molecule has 27 heavy (non-hydrogen) atoms. The average Bonchev–Trinajstić information content (AvgIpc) is 3.02. The number of carbonyl (C=O) groups is 2. The van der Waals surface area contributed by atoms with Crippen LogP contribution in [-0.2, 0) is 9.59 Å². The van der Waals surface area contributed by atoms with Crippen LogP contribution in [0.25, 0.3) is 0 Å². The normalized spacial score (nSPS) is 16.6. The van der Waals surface area contributed by atoms with E-state index in [2.05, 4.69) is 5.32 Å². The van der Waals surface area contributed by atoms with Crippen molar-refractivity contribution < 1.29 is 23.1 Å². The van der Waals surface area contributed by atoms with Gasteiger partial charge in [-0.2, -0.15) is 0 Å². The third-order valence-electron chi connectivity index (χ3n) is 4.46. The van der Waals surface area contributed by atoms with Crippen molar-refractivity contribution in [3.63, 3.8) is 0 Å². The molecular weight excluding hydrogens is 378 g/mol. The fraction of sp³-hybridized carbons (Fsp3) is 0.263. The highest BCUT2D eigenvalue weighted by atomic mass is 35.5. The average molecular weight is 395 g/mol. The molecule has 0 aliphatic carbocycles. The van der Waals surface area contributed by atoms with Crippen molar-refractivity contribution in [2.45, 2.75) is 13.3 Å². The third-order valence-corrected chi connectivity index (χ3v) is 4.86. The maximum absolute atomic E-state index is 13.7. The molecule has 0 spiro atoms. The molecule has 5 nitrogen and oxygen atoms in total. The fourth-order valence-electron chi connectivity index (χ4n) is 2.98. The molecule has 2 amide bonds. The van der Waals surface area contributed by atoms with Gasteiger partial charge >= 0.3 is 0 Å². The Hall–Kier alpha value is -2.67. The zero-order chi connectivity index (χ0) is 19.7. The number of nitrogens with one attached hydrogen (secondary N) is 1. The van der Waals surface area contributed by atoms with Crippen LogP contribution in [0.4, 0.5) is 20.2 Å². The van der Waals surface area contributed by atoms with Crippen molar-refractivity contribution in [2.75, 3.05) is 23.9 Å². The molecule has 1 saturated heterocycles. The monoisotopic (exact) mass is 394 g/mol. The quantitative estimate of drug-likeness (QED) is 0.854. The molecule has 1 aliphatic heterocycles. The summed E-state index contributed by atoms with van der Waals surface area (Å²) in [6.45, 7) is 1.86. The number of para-hydroxylation sites is 1. The molecule has 1 aliphatic rings. The molecule has 1 N–H and O–H groups in total. The number of benzene rings is 2. The van der Waals surface area contributed by atoms with Crippen molar-refractivity contribution in [1.29, 1.82) is 0 Å². The Morgan fingerprint density at radius 2 is 1.96 bits per heavy atom. The molecule has 1 atom stereocenters. The smallest absolute Gasteiger partial charge is 0.229 e. The predicted octanol–water partition coefficient (Wildman–Crippen LogP) is 3.93. The zero-order valence-corrected chi connectivity index (χ0v) is 15.4. The second kappa shape index (κ2) is 7.52. The Labute approximate surface area is 159 Å². The number of anilines is 2. The highest BCUT2D eigenvalue weighted by Crippen LogP contribution is 2.37. The summed E-state index contributed by atoms with van der Waals surface area (Å²) in [6, 6.07) is 6.60. The second-order valence-electron chi connectivity index (χ2n) is 6.26. The van der Waals surface area contributed by atoms with Gasteiger partial charge in [-0.1, -0.05) is 17.7 Å². The van der Waals surface area contributed by atoms with Crippen LogP contribution in [0, 0.1) is 24.5 Å². The minimum absolute atomic E-state index is 0.0676. The summed E-state index contributed by atoms with van der Waals surface area (Å²) in [5.41, 5.74) is 0.728. The zero-order valence-electron chi connectivity index (χ0n) is 14.7. The maximum Gasteiger partial charge on any atom is 0.229 e. The van der Waals surface area contributed by atoms with Gasteiger partial charge in [0.2, 0.25) is 11.8 Å². The summed E-state index contributed by atoms with van der Waals surface area (Å²) in [7, 11) is 1.45. The lowest BCUT2D eigenvalue weighted by molar-refractivity contribution is -0.122. The lowest BCUT2D eigenvalue weighted by Crippen LogP contribution is -2.29. The number of amides is 2. The molecule has 0 saturated carbocycles. The lowest BCUT2D eigenvalue weighted by Gasteiger charge is -2.20. The summed E-state index contributed by atoms with van der Waals surface area (Å²) < 4.78 is 32.8. The highest BCUT2D eigenvalue weighted by molar-refractivity contribution is 6.31. The molecular formula is C19H17ClF2N2O3. The van der Waals surface area contributed by atoms with Gasteiger partial charge in [0.15, 0.2) is 0 Å². The third kappa shape index (κ3) is 3.73. The Kier molecular flexibility index (Phi) is 5.32. The Morgan fingerprint density at radius 1 is 1.30 bits per heavy atom. The van der Waals surface area contributed by atoms with Gasteiger partial charge in [-0.15, -0.1) is 0 Å². The topological polar surface area (TPSA) is 58.6 Å². The lowest BCUT2D eigenvalue weighted by atomic mass is 10.1. The first kappa shape index (κ1) is 19.1. The fourth-order valence-corrected chi connectivity index (χ4v) is 3.13. The van der Waals surface area contributed by atoms with E-state index in [1.807, 2.05) is 0 Å². The Morgan fingerprint density at radius 3 is 2.59 bits per heavy atom. The molecule has 8 heteroatoms. The van der Waals surface area contributed by atoms with E-state index < -0.39 is 29.1 Å². The van der Waals surface area contributed by atoms with Crippen molar-refractivity contribution in [2.24, 2.45) is 5.92 Å². The summed E-state index contributed by atoms with van der Waals surface area (Å²) in [4.78, 5) is 26.3. The molecule has 1 fully saturated rings. The van der Waals surface area contributed by atoms with Gasteiger partial charge in [0, 0.05) is 24.1 Å². The number of hydrogen-bond acceptors (Lipinski definition) is 3. The largest absolute Gasteiger partial charge is 0.495 e. The summed E-state index contributed by atoms with van der Waals surface area (Å²) in [5, 5.41) is 2.73. The van der Waals surface area contributed by atoms with E-state index in [-0.39, 0.29) is 18.9 Å². The van der Waals surface area contributed by atoms with E-state index in [0.717, 1.165) is 17.7 Å². The molecule has 0 aromatic heterocycles. The van der Waals surface area contributed by atoms with Crippen LogP contribution >= 0.6 is 11.6 Å². The first-order chi connectivity index (χ1) is 12.8. The van der Waals surface area contributed by atoms with Gasteiger partial charge in [0.1, 0.15) is 23.1 Å². The number of ether oxygens (including phenoxy) is 1. The van der Waals surface area contributed by atoms with Gasteiger partial charge in [-0.05, 0) is 30.7 Å². The van der Waals surface area contributed by atoms with Crippen LogP contribution in [-0.4, -0.2) is 25.5 Å². The molecule has 1 heterocycles. The molecule has 2 aromatic carbocycles. The number of carbonyl (C=O) groups excluding carboxylic acids is 2. The molecule has 1 unspecified atom stereocenters. The number of halogens is 3. The SMILES string of the molecule is COc1cc(Cl)c(C)cc1N1CC(C(=O)Nc2c(F)cccc2F)CC1=O. The number of rotatable bonds is 4. The molecule has 3 rings (SSSR count). The number of nitrogens with zero attached hydrogens (tertiary/aromatic N) is 1. The Bertz CT molecular complexity index is 900.